The van der Waals surface area contributed by atoms with Crippen LogP contribution in [0.5, 0.6) is 5.75 Å². The summed E-state index contributed by atoms with van der Waals surface area (Å²) in [6.07, 6.45) is 0.834. The van der Waals surface area contributed by atoms with Crippen LogP contribution in [0.25, 0.3) is 11.1 Å². The molecule has 3 aliphatic heterocycles. The first-order valence-corrected chi connectivity index (χ1v) is 19.1. The third kappa shape index (κ3) is 7.88. The van der Waals surface area contributed by atoms with Gasteiger partial charge in [-0.05, 0) is 107 Å². The highest BCUT2D eigenvalue weighted by atomic mass is 16.6. The fraction of sp³-hybridized carbons (Fsp3) is 0.571. The number of aryl methyl sites for hydroxylation is 1. The second kappa shape index (κ2) is 15.2. The Bertz CT molecular complexity index is 1860. The van der Waals surface area contributed by atoms with Crippen LogP contribution in [0, 0.1) is 17.8 Å². The fourth-order valence-corrected chi connectivity index (χ4v) is 7.83. The average molecular weight is 745 g/mol. The smallest absolute Gasteiger partial charge is 0.411 e. The summed E-state index contributed by atoms with van der Waals surface area (Å²) in [5.41, 5.74) is 3.30. The van der Waals surface area contributed by atoms with Gasteiger partial charge in [0.05, 0.1) is 0 Å². The Morgan fingerprint density at radius 1 is 0.889 bits per heavy atom. The molecule has 0 radical (unpaired) electrons. The summed E-state index contributed by atoms with van der Waals surface area (Å²) in [6.45, 7) is 15.1. The maximum atomic E-state index is 13.7. The Morgan fingerprint density at radius 3 is 2.33 bits per heavy atom. The van der Waals surface area contributed by atoms with Gasteiger partial charge < -0.3 is 23.8 Å². The number of rotatable bonds is 8. The van der Waals surface area contributed by atoms with Gasteiger partial charge >= 0.3 is 18.0 Å². The minimum atomic E-state index is -0.984. The molecule has 2 aromatic rings. The molecular formula is C42H52N2O10. The number of ether oxygens (including phenoxy) is 4. The quantitative estimate of drug-likeness (QED) is 0.171. The molecule has 0 saturated carbocycles. The predicted octanol–water partition coefficient (Wildman–Crippen LogP) is 6.33. The van der Waals surface area contributed by atoms with E-state index in [2.05, 4.69) is 0 Å². The normalized spacial score (nSPS) is 23.9. The molecular weight excluding hydrogens is 692 g/mol. The highest BCUT2D eigenvalue weighted by molar-refractivity contribution is 6.04. The number of carbonyl (C=O) groups excluding carboxylic acids is 6. The molecule has 0 bridgehead atoms. The topological polar surface area (TPSA) is 146 Å². The van der Waals surface area contributed by atoms with Gasteiger partial charge in [0.15, 0.2) is 18.5 Å². The van der Waals surface area contributed by atoms with E-state index in [0.29, 0.717) is 55.5 Å². The van der Waals surface area contributed by atoms with E-state index < -0.39 is 48.4 Å². The van der Waals surface area contributed by atoms with Crippen molar-refractivity contribution in [1.29, 1.82) is 0 Å². The number of fused-ring (bicyclic) bond motifs is 4. The van der Waals surface area contributed by atoms with Crippen molar-refractivity contribution in [3.05, 3.63) is 52.6 Å². The van der Waals surface area contributed by atoms with Gasteiger partial charge in [0.2, 0.25) is 11.7 Å². The molecule has 12 nitrogen and oxygen atoms in total. The molecule has 0 aromatic heterocycles. The van der Waals surface area contributed by atoms with Gasteiger partial charge in [-0.2, -0.15) is 0 Å². The van der Waals surface area contributed by atoms with Crippen LogP contribution in [0.2, 0.25) is 0 Å². The van der Waals surface area contributed by atoms with Crippen molar-refractivity contribution < 1.29 is 47.7 Å². The lowest BCUT2D eigenvalue weighted by atomic mass is 9.84. The van der Waals surface area contributed by atoms with Gasteiger partial charge in [-0.3, -0.25) is 19.3 Å². The maximum absolute atomic E-state index is 13.7. The Balaban J connectivity index is 1.10. The lowest BCUT2D eigenvalue weighted by molar-refractivity contribution is -0.155. The van der Waals surface area contributed by atoms with Crippen molar-refractivity contribution in [3.63, 3.8) is 0 Å². The van der Waals surface area contributed by atoms with Crippen molar-refractivity contribution in [2.45, 2.75) is 124 Å². The number of Topliss-reactive ketones (excluding diaryl/α,β-unsaturated/α-hetero) is 2. The summed E-state index contributed by atoms with van der Waals surface area (Å²) >= 11 is 0. The molecule has 12 heteroatoms. The average Bonchev–Trinajstić information content (AvgIpc) is 3.71. The first kappa shape index (κ1) is 39.0. The molecule has 2 saturated heterocycles. The number of benzene rings is 2. The monoisotopic (exact) mass is 744 g/mol. The van der Waals surface area contributed by atoms with Crippen LogP contribution in [-0.4, -0.2) is 88.3 Å². The Kier molecular flexibility index (Phi) is 11.0. The van der Waals surface area contributed by atoms with Crippen molar-refractivity contribution in [2.75, 3.05) is 13.2 Å². The van der Waals surface area contributed by atoms with E-state index in [4.69, 9.17) is 18.9 Å². The lowest BCUT2D eigenvalue weighted by Gasteiger charge is -2.31. The van der Waals surface area contributed by atoms with E-state index in [1.807, 2.05) is 46.8 Å². The second-order valence-electron chi connectivity index (χ2n) is 16.7. The molecule has 4 aliphatic rings. The van der Waals surface area contributed by atoms with Gasteiger partial charge in [-0.25, -0.2) is 14.4 Å². The molecule has 2 fully saturated rings. The van der Waals surface area contributed by atoms with E-state index in [9.17, 15) is 28.8 Å². The Morgan fingerprint density at radius 2 is 1.63 bits per heavy atom. The minimum absolute atomic E-state index is 0.0737. The number of likely N-dealkylation sites (tertiary alicyclic amines) is 2. The fourth-order valence-electron chi connectivity index (χ4n) is 7.83. The summed E-state index contributed by atoms with van der Waals surface area (Å²) in [4.78, 5) is 82.4. The Hall–Kier alpha value is -4.74. The zero-order valence-electron chi connectivity index (χ0n) is 32.6. The van der Waals surface area contributed by atoms with Crippen LogP contribution in [0.3, 0.4) is 0 Å². The summed E-state index contributed by atoms with van der Waals surface area (Å²) < 4.78 is 22.9. The third-order valence-corrected chi connectivity index (χ3v) is 11.1. The summed E-state index contributed by atoms with van der Waals surface area (Å²) in [5, 5.41) is 0. The maximum Gasteiger partial charge on any atom is 0.411 e. The van der Waals surface area contributed by atoms with Crippen LogP contribution in [-0.2, 0) is 41.6 Å². The molecule has 1 unspecified atom stereocenters. The predicted molar refractivity (Wildman–Crippen MR) is 198 cm³/mol. The molecule has 6 rings (SSSR count). The number of amides is 2. The second-order valence-corrected chi connectivity index (χ2v) is 16.7. The van der Waals surface area contributed by atoms with E-state index >= 15 is 0 Å². The first-order valence-electron chi connectivity index (χ1n) is 19.1. The van der Waals surface area contributed by atoms with Crippen LogP contribution in [0.4, 0.5) is 4.79 Å². The molecule has 3 heterocycles. The molecule has 2 amide bonds. The number of ketones is 2. The largest absolute Gasteiger partial charge is 0.488 e. The van der Waals surface area contributed by atoms with Gasteiger partial charge in [0.1, 0.15) is 30.0 Å². The zero-order valence-corrected chi connectivity index (χ0v) is 32.6. The number of carbonyl (C=O) groups is 6. The van der Waals surface area contributed by atoms with Crippen molar-refractivity contribution in [1.82, 2.24) is 9.80 Å². The Labute approximate surface area is 316 Å². The lowest BCUT2D eigenvalue weighted by Crippen LogP contribution is -2.47. The van der Waals surface area contributed by atoms with Crippen LogP contribution in [0.15, 0.2) is 30.3 Å². The van der Waals surface area contributed by atoms with Gasteiger partial charge in [-0.1, -0.05) is 39.8 Å². The minimum Gasteiger partial charge on any atom is -0.488 e. The first-order chi connectivity index (χ1) is 25.4. The number of hydrogen-bond donors (Lipinski definition) is 0. The van der Waals surface area contributed by atoms with E-state index in [1.54, 1.807) is 43.9 Å². The molecule has 54 heavy (non-hydrogen) atoms. The van der Waals surface area contributed by atoms with Crippen molar-refractivity contribution in [3.8, 4) is 16.9 Å². The molecule has 0 spiro atoms. The molecule has 0 N–H and O–H groups in total. The molecule has 2 aromatic carbocycles. The van der Waals surface area contributed by atoms with Crippen LogP contribution >= 0.6 is 0 Å². The van der Waals surface area contributed by atoms with Crippen LogP contribution in [0.1, 0.15) is 113 Å². The SMILES string of the molecule is CC(C)[C@H](C)C(=O)N1[C@@H](C)CC[C@H]1C(=O)OCC(=O)c1ccc2c(c1)COc1cc3c(cc1-2)CCC(OC(=O)[C@@H]1C[C@H](C)CN1C(=O)OC(C)(C)C)C3=O. The van der Waals surface area contributed by atoms with E-state index in [0.717, 1.165) is 22.3 Å². The van der Waals surface area contributed by atoms with Gasteiger partial charge in [0, 0.05) is 35.2 Å². The molecule has 290 valence electrons. The van der Waals surface area contributed by atoms with Crippen LogP contribution < -0.4 is 4.74 Å². The summed E-state index contributed by atoms with van der Waals surface area (Å²) in [7, 11) is 0. The highest BCUT2D eigenvalue weighted by Crippen LogP contribution is 2.42. The third-order valence-electron chi connectivity index (χ3n) is 11.1. The number of nitrogens with zero attached hydrogens (tertiary/aromatic N) is 2. The van der Waals surface area contributed by atoms with Gasteiger partial charge in [-0.15, -0.1) is 0 Å². The summed E-state index contributed by atoms with van der Waals surface area (Å²) in [6, 6.07) is 7.25. The number of hydrogen-bond acceptors (Lipinski definition) is 10. The van der Waals surface area contributed by atoms with E-state index in [1.165, 1.54) is 4.90 Å². The molecule has 1 aliphatic carbocycles. The molecule has 6 atom stereocenters. The zero-order chi connectivity index (χ0) is 39.2. The van der Waals surface area contributed by atoms with Crippen molar-refractivity contribution >= 4 is 35.5 Å². The summed E-state index contributed by atoms with van der Waals surface area (Å²) in [5.74, 6) is -1.46. The van der Waals surface area contributed by atoms with Crippen molar-refractivity contribution in [2.24, 2.45) is 17.8 Å². The number of esters is 2. The highest BCUT2D eigenvalue weighted by Gasteiger charge is 2.44. The standard InChI is InChI=1S/C42H52N2O10/c1-22(2)25(5)38(47)44-24(4)9-13-32(44)39(48)52-21-34(45)27-10-12-29-28(16-27)20-51-36-18-30-26(17-31(29)36)11-14-35(37(30)46)53-40(49)33-15-23(3)19-43(33)41(50)54-42(6,7)8/h10,12,16-18,22-25,32-33,35H,9,11,13-15,19-21H2,1-8H3/t23-,24-,25-,32-,33-,35?/m0/s1. The van der Waals surface area contributed by atoms with Gasteiger partial charge in [0.25, 0.3) is 0 Å². The van der Waals surface area contributed by atoms with E-state index in [-0.39, 0.29) is 47.9 Å².